The predicted molar refractivity (Wildman–Crippen MR) is 142 cm³/mol. The Morgan fingerprint density at radius 2 is 1.74 bits per heavy atom. The van der Waals surface area contributed by atoms with Crippen LogP contribution in [0.2, 0.25) is 0 Å². The second-order valence-electron chi connectivity index (χ2n) is 9.63. The topological polar surface area (TPSA) is 65.5 Å². The molecule has 2 saturated heterocycles. The monoisotopic (exact) mass is 556 g/mol. The fraction of sp³-hybridized carbons (Fsp3) is 0.296. The van der Waals surface area contributed by atoms with Crippen molar-refractivity contribution in [1.29, 1.82) is 0 Å². The summed E-state index contributed by atoms with van der Waals surface area (Å²) in [6.45, 7) is 2.51. The molecule has 4 heterocycles. The molecule has 6 nitrogen and oxygen atoms in total. The van der Waals surface area contributed by atoms with Gasteiger partial charge in [0, 0.05) is 48.3 Å². The van der Waals surface area contributed by atoms with E-state index >= 15 is 0 Å². The van der Waals surface area contributed by atoms with E-state index in [9.17, 15) is 22.8 Å². The minimum Gasteiger partial charge on any atom is -0.336 e. The van der Waals surface area contributed by atoms with E-state index in [0.717, 1.165) is 28.6 Å². The normalized spacial score (nSPS) is 18.2. The highest BCUT2D eigenvalue weighted by atomic mass is 32.1. The molecule has 2 aliphatic heterocycles. The number of alkyl halides is 3. The third-order valence-corrected chi connectivity index (χ3v) is 8.71. The van der Waals surface area contributed by atoms with Crippen LogP contribution in [0.25, 0.3) is 21.2 Å². The first-order valence-corrected chi connectivity index (χ1v) is 13.9. The van der Waals surface area contributed by atoms with Gasteiger partial charge in [-0.1, -0.05) is 18.2 Å². The summed E-state index contributed by atoms with van der Waals surface area (Å²) >= 11 is 2.80. The lowest BCUT2D eigenvalue weighted by Crippen LogP contribution is -2.61. The van der Waals surface area contributed by atoms with Crippen LogP contribution < -0.4 is 5.32 Å². The van der Waals surface area contributed by atoms with Gasteiger partial charge in [0.2, 0.25) is 0 Å². The molecule has 0 aliphatic carbocycles. The largest absolute Gasteiger partial charge is 0.416 e. The first kappa shape index (κ1) is 25.0. The molecule has 4 aromatic rings. The van der Waals surface area contributed by atoms with Crippen LogP contribution in [0.1, 0.15) is 32.1 Å². The van der Waals surface area contributed by atoms with Gasteiger partial charge < -0.3 is 15.1 Å². The number of thiazole rings is 1. The zero-order valence-electron chi connectivity index (χ0n) is 20.1. The van der Waals surface area contributed by atoms with Crippen LogP contribution in [0.5, 0.6) is 0 Å². The van der Waals surface area contributed by atoms with Gasteiger partial charge in [0.25, 0.3) is 11.8 Å². The average Bonchev–Trinajstić information content (AvgIpc) is 3.65. The van der Waals surface area contributed by atoms with Crippen LogP contribution in [0.3, 0.4) is 0 Å². The Kier molecular flexibility index (Phi) is 6.45. The summed E-state index contributed by atoms with van der Waals surface area (Å²) in [7, 11) is 0. The summed E-state index contributed by atoms with van der Waals surface area (Å²) in [5.41, 5.74) is 2.61. The van der Waals surface area contributed by atoms with Crippen molar-refractivity contribution in [2.75, 3.05) is 26.2 Å². The Hall–Kier alpha value is -3.28. The average molecular weight is 557 g/mol. The third-order valence-electron chi connectivity index (χ3n) is 7.02. The molecule has 196 valence electrons. The molecule has 11 heteroatoms. The van der Waals surface area contributed by atoms with Crippen LogP contribution in [-0.4, -0.2) is 64.9 Å². The van der Waals surface area contributed by atoms with Crippen molar-refractivity contribution in [3.8, 4) is 11.1 Å². The first-order chi connectivity index (χ1) is 18.2. The molecule has 6 rings (SSSR count). The highest BCUT2D eigenvalue weighted by molar-refractivity contribution is 7.20. The molecule has 2 aromatic heterocycles. The molecule has 38 heavy (non-hydrogen) atoms. The van der Waals surface area contributed by atoms with Gasteiger partial charge >= 0.3 is 6.18 Å². The molecule has 0 bridgehead atoms. The summed E-state index contributed by atoms with van der Waals surface area (Å²) in [5, 5.41) is 6.16. The van der Waals surface area contributed by atoms with E-state index in [-0.39, 0.29) is 23.9 Å². The number of carbonyl (C=O) groups excluding carboxylic acids is 2. The zero-order valence-corrected chi connectivity index (χ0v) is 21.7. The number of nitrogens with one attached hydrogen (secondary N) is 1. The molecule has 2 amide bonds. The number of hydrogen-bond donors (Lipinski definition) is 1. The number of thiophene rings is 1. The van der Waals surface area contributed by atoms with Crippen molar-refractivity contribution < 1.29 is 22.8 Å². The molecule has 2 aliphatic rings. The van der Waals surface area contributed by atoms with E-state index in [1.165, 1.54) is 28.7 Å². The van der Waals surface area contributed by atoms with Gasteiger partial charge in [-0.2, -0.15) is 13.2 Å². The van der Waals surface area contributed by atoms with Gasteiger partial charge in [0.1, 0.15) is 5.69 Å². The fourth-order valence-corrected chi connectivity index (χ4v) is 6.54. The molecule has 2 fully saturated rings. The highest BCUT2D eigenvalue weighted by Gasteiger charge is 2.36. The summed E-state index contributed by atoms with van der Waals surface area (Å²) in [4.78, 5) is 33.9. The van der Waals surface area contributed by atoms with Crippen molar-refractivity contribution in [3.05, 3.63) is 75.6 Å². The van der Waals surface area contributed by atoms with Gasteiger partial charge in [-0.25, -0.2) is 4.98 Å². The van der Waals surface area contributed by atoms with Crippen LogP contribution >= 0.6 is 22.7 Å². The first-order valence-electron chi connectivity index (χ1n) is 12.2. The Balaban J connectivity index is 1.06. The standard InChI is InChI=1S/C27H23F3N4O2S2/c28-27(29,30)19-3-1-2-16(9-19)17-4-5-23-18(8-17)10-24(38-23)26(36)34-12-21(13-34)32-20-6-7-33(11-20)25(35)22-14-37-15-31-22/h1-5,8-10,14-15,20-21,32H,6-7,11-13H2. The Morgan fingerprint density at radius 3 is 2.50 bits per heavy atom. The third kappa shape index (κ3) is 4.93. The second kappa shape index (κ2) is 9.79. The fourth-order valence-electron chi connectivity index (χ4n) is 5.00. The van der Waals surface area contributed by atoms with E-state index in [0.29, 0.717) is 47.9 Å². The number of aromatic nitrogens is 1. The molecular weight excluding hydrogens is 533 g/mol. The maximum absolute atomic E-state index is 13.1. The van der Waals surface area contributed by atoms with Crippen molar-refractivity contribution in [2.45, 2.75) is 24.7 Å². The van der Waals surface area contributed by atoms with Crippen molar-refractivity contribution in [2.24, 2.45) is 0 Å². The number of nitrogens with zero attached hydrogens (tertiary/aromatic N) is 3. The van der Waals surface area contributed by atoms with Gasteiger partial charge in [-0.15, -0.1) is 22.7 Å². The Bertz CT molecular complexity index is 1500. The van der Waals surface area contributed by atoms with E-state index < -0.39 is 11.7 Å². The van der Waals surface area contributed by atoms with Crippen molar-refractivity contribution in [3.63, 3.8) is 0 Å². The summed E-state index contributed by atoms with van der Waals surface area (Å²) in [5.74, 6) is -0.0847. The smallest absolute Gasteiger partial charge is 0.336 e. The van der Waals surface area contributed by atoms with E-state index in [1.807, 2.05) is 23.1 Å². The number of hydrogen-bond acceptors (Lipinski definition) is 6. The quantitative estimate of drug-likeness (QED) is 0.359. The number of rotatable bonds is 5. The SMILES string of the molecule is O=C(c1cscn1)N1CCC(NC2CN(C(=O)c3cc4cc(-c5cccc(C(F)(F)F)c5)ccc4s3)C2)C1. The number of benzene rings is 2. The molecular formula is C27H23F3N4O2S2. The van der Waals surface area contributed by atoms with Gasteiger partial charge in [0.05, 0.1) is 16.0 Å². The van der Waals surface area contributed by atoms with Gasteiger partial charge in [-0.05, 0) is 53.3 Å². The molecule has 1 N–H and O–H groups in total. The van der Waals surface area contributed by atoms with E-state index in [1.54, 1.807) is 27.9 Å². The summed E-state index contributed by atoms with van der Waals surface area (Å²) in [6, 6.07) is 12.9. The number of halogens is 3. The van der Waals surface area contributed by atoms with Crippen molar-refractivity contribution >= 4 is 44.6 Å². The lowest BCUT2D eigenvalue weighted by Gasteiger charge is -2.40. The Morgan fingerprint density at radius 1 is 0.947 bits per heavy atom. The minimum atomic E-state index is -4.40. The molecule has 2 aromatic carbocycles. The van der Waals surface area contributed by atoms with E-state index in [2.05, 4.69) is 10.3 Å². The van der Waals surface area contributed by atoms with Gasteiger partial charge in [0.15, 0.2) is 0 Å². The summed E-state index contributed by atoms with van der Waals surface area (Å²) < 4.78 is 40.3. The Labute approximate surface area is 224 Å². The molecule has 1 atom stereocenters. The van der Waals surface area contributed by atoms with Crippen LogP contribution in [-0.2, 0) is 6.18 Å². The molecule has 1 unspecified atom stereocenters. The number of likely N-dealkylation sites (tertiary alicyclic amines) is 2. The highest BCUT2D eigenvalue weighted by Crippen LogP contribution is 2.35. The minimum absolute atomic E-state index is 0.0399. The van der Waals surface area contributed by atoms with Crippen LogP contribution in [0.4, 0.5) is 13.2 Å². The number of carbonyl (C=O) groups is 2. The molecule has 0 radical (unpaired) electrons. The predicted octanol–water partition coefficient (Wildman–Crippen LogP) is 5.37. The number of amides is 2. The zero-order chi connectivity index (χ0) is 26.4. The van der Waals surface area contributed by atoms with Crippen LogP contribution in [0.15, 0.2) is 59.4 Å². The van der Waals surface area contributed by atoms with Gasteiger partial charge in [-0.3, -0.25) is 9.59 Å². The maximum Gasteiger partial charge on any atom is 0.416 e. The van der Waals surface area contributed by atoms with E-state index in [4.69, 9.17) is 0 Å². The molecule has 0 spiro atoms. The van der Waals surface area contributed by atoms with Crippen LogP contribution in [0, 0.1) is 0 Å². The van der Waals surface area contributed by atoms with Crippen molar-refractivity contribution in [1.82, 2.24) is 20.1 Å². The maximum atomic E-state index is 13.1. The summed E-state index contributed by atoms with van der Waals surface area (Å²) in [6.07, 6.45) is -3.53. The molecule has 0 saturated carbocycles. The lowest BCUT2D eigenvalue weighted by molar-refractivity contribution is -0.137. The second-order valence-corrected chi connectivity index (χ2v) is 11.4. The number of fused-ring (bicyclic) bond motifs is 1. The lowest BCUT2D eigenvalue weighted by atomic mass is 10.0.